The molecule has 0 aliphatic rings. The van der Waals surface area contributed by atoms with Crippen LogP contribution in [0.15, 0.2) is 97.2 Å². The van der Waals surface area contributed by atoms with Crippen molar-refractivity contribution in [3.8, 4) is 22.4 Å². The molecule has 0 saturated heterocycles. The molecule has 132 valence electrons. The van der Waals surface area contributed by atoms with Crippen molar-refractivity contribution in [2.45, 2.75) is 12.8 Å². The maximum Gasteiger partial charge on any atom is 0.123 e. The molecule has 0 amide bonds. The van der Waals surface area contributed by atoms with Crippen molar-refractivity contribution in [3.63, 3.8) is 0 Å². The van der Waals surface area contributed by atoms with E-state index in [0.717, 1.165) is 22.4 Å². The summed E-state index contributed by atoms with van der Waals surface area (Å²) in [6.07, 6.45) is 1.81. The SMILES string of the molecule is CC(c1ccccc1)c1cccc(-c2cc(-c3ccc(F)cc3)ccn2)c1. The van der Waals surface area contributed by atoms with Crippen LogP contribution in [0.4, 0.5) is 4.39 Å². The normalized spacial score (nSPS) is 11.9. The molecule has 1 unspecified atom stereocenters. The van der Waals surface area contributed by atoms with Gasteiger partial charge in [-0.2, -0.15) is 0 Å². The molecule has 2 heteroatoms. The maximum absolute atomic E-state index is 13.2. The number of hydrogen-bond acceptors (Lipinski definition) is 1. The highest BCUT2D eigenvalue weighted by atomic mass is 19.1. The lowest BCUT2D eigenvalue weighted by Gasteiger charge is -2.14. The lowest BCUT2D eigenvalue weighted by atomic mass is 9.91. The number of pyridine rings is 1. The quantitative estimate of drug-likeness (QED) is 0.397. The van der Waals surface area contributed by atoms with Gasteiger partial charge in [0.15, 0.2) is 0 Å². The molecule has 27 heavy (non-hydrogen) atoms. The minimum atomic E-state index is -0.226. The van der Waals surface area contributed by atoms with Crippen molar-refractivity contribution in [3.05, 3.63) is 114 Å². The number of halogens is 1. The van der Waals surface area contributed by atoms with Crippen LogP contribution in [0.1, 0.15) is 24.0 Å². The van der Waals surface area contributed by atoms with Gasteiger partial charge in [0, 0.05) is 17.7 Å². The Kier molecular flexibility index (Phi) is 4.80. The number of hydrogen-bond donors (Lipinski definition) is 0. The van der Waals surface area contributed by atoms with Crippen LogP contribution in [-0.2, 0) is 0 Å². The molecular formula is C25H20FN. The molecule has 1 aromatic heterocycles. The van der Waals surface area contributed by atoms with Gasteiger partial charge in [0.2, 0.25) is 0 Å². The van der Waals surface area contributed by atoms with Crippen molar-refractivity contribution in [1.29, 1.82) is 0 Å². The number of rotatable bonds is 4. The van der Waals surface area contributed by atoms with E-state index >= 15 is 0 Å². The minimum Gasteiger partial charge on any atom is -0.256 e. The molecule has 0 bridgehead atoms. The average molecular weight is 353 g/mol. The smallest absolute Gasteiger partial charge is 0.123 e. The Labute approximate surface area is 159 Å². The van der Waals surface area contributed by atoms with Crippen LogP contribution in [0.25, 0.3) is 22.4 Å². The van der Waals surface area contributed by atoms with Gasteiger partial charge in [0.25, 0.3) is 0 Å². The molecule has 0 aliphatic heterocycles. The van der Waals surface area contributed by atoms with Gasteiger partial charge in [-0.3, -0.25) is 4.98 Å². The van der Waals surface area contributed by atoms with E-state index in [1.54, 1.807) is 18.3 Å². The Morgan fingerprint density at radius 2 is 1.41 bits per heavy atom. The maximum atomic E-state index is 13.2. The zero-order chi connectivity index (χ0) is 18.6. The summed E-state index contributed by atoms with van der Waals surface area (Å²) in [5.41, 5.74) is 6.56. The van der Waals surface area contributed by atoms with Crippen molar-refractivity contribution in [2.75, 3.05) is 0 Å². The summed E-state index contributed by atoms with van der Waals surface area (Å²) in [7, 11) is 0. The molecule has 4 aromatic rings. The van der Waals surface area contributed by atoms with Crippen LogP contribution >= 0.6 is 0 Å². The third-order valence-corrected chi connectivity index (χ3v) is 4.92. The summed E-state index contributed by atoms with van der Waals surface area (Å²) >= 11 is 0. The number of benzene rings is 3. The summed E-state index contributed by atoms with van der Waals surface area (Å²) in [5.74, 6) is 0.0852. The topological polar surface area (TPSA) is 12.9 Å². The first-order valence-electron chi connectivity index (χ1n) is 9.08. The second kappa shape index (κ2) is 7.55. The Balaban J connectivity index is 1.68. The van der Waals surface area contributed by atoms with E-state index in [9.17, 15) is 4.39 Å². The number of aromatic nitrogens is 1. The Morgan fingerprint density at radius 1 is 0.667 bits per heavy atom. The summed E-state index contributed by atoms with van der Waals surface area (Å²) in [4.78, 5) is 4.55. The lowest BCUT2D eigenvalue weighted by molar-refractivity contribution is 0.628. The van der Waals surface area contributed by atoms with Crippen LogP contribution in [0.5, 0.6) is 0 Å². The van der Waals surface area contributed by atoms with E-state index in [4.69, 9.17) is 0 Å². The fraction of sp³-hybridized carbons (Fsp3) is 0.0800. The fourth-order valence-electron chi connectivity index (χ4n) is 3.31. The molecule has 4 rings (SSSR count). The Morgan fingerprint density at radius 3 is 2.19 bits per heavy atom. The predicted molar refractivity (Wildman–Crippen MR) is 109 cm³/mol. The van der Waals surface area contributed by atoms with Crippen LogP contribution in [0.3, 0.4) is 0 Å². The van der Waals surface area contributed by atoms with Crippen LogP contribution in [0.2, 0.25) is 0 Å². The fourth-order valence-corrected chi connectivity index (χ4v) is 3.31. The van der Waals surface area contributed by atoms with Gasteiger partial charge in [-0.05, 0) is 52.6 Å². The average Bonchev–Trinajstić information content (AvgIpc) is 2.74. The van der Waals surface area contributed by atoms with E-state index in [1.807, 2.05) is 12.1 Å². The zero-order valence-electron chi connectivity index (χ0n) is 15.1. The highest BCUT2D eigenvalue weighted by molar-refractivity contribution is 5.70. The zero-order valence-corrected chi connectivity index (χ0v) is 15.1. The van der Waals surface area contributed by atoms with Crippen molar-refractivity contribution >= 4 is 0 Å². The molecular weight excluding hydrogens is 333 g/mol. The molecule has 0 fully saturated rings. The molecule has 1 nitrogen and oxygen atoms in total. The van der Waals surface area contributed by atoms with E-state index in [2.05, 4.69) is 66.5 Å². The van der Waals surface area contributed by atoms with E-state index < -0.39 is 0 Å². The molecule has 0 radical (unpaired) electrons. The van der Waals surface area contributed by atoms with Gasteiger partial charge in [0.05, 0.1) is 5.69 Å². The van der Waals surface area contributed by atoms with Gasteiger partial charge >= 0.3 is 0 Å². The van der Waals surface area contributed by atoms with E-state index in [1.165, 1.54) is 23.3 Å². The third kappa shape index (κ3) is 3.80. The van der Waals surface area contributed by atoms with Gasteiger partial charge in [-0.25, -0.2) is 4.39 Å². The van der Waals surface area contributed by atoms with Gasteiger partial charge < -0.3 is 0 Å². The second-order valence-electron chi connectivity index (χ2n) is 6.69. The standard InChI is InChI=1S/C25H20FN/c1-18(19-6-3-2-4-7-19)21-8-5-9-23(16-21)25-17-22(14-15-27-25)20-10-12-24(26)13-11-20/h2-18H,1H3. The predicted octanol–water partition coefficient (Wildman–Crippen LogP) is 6.71. The molecule has 1 atom stereocenters. The first kappa shape index (κ1) is 17.2. The lowest BCUT2D eigenvalue weighted by Crippen LogP contribution is -1.96. The number of nitrogens with zero attached hydrogens (tertiary/aromatic N) is 1. The second-order valence-corrected chi connectivity index (χ2v) is 6.69. The molecule has 0 spiro atoms. The van der Waals surface area contributed by atoms with E-state index in [0.29, 0.717) is 5.92 Å². The first-order chi connectivity index (χ1) is 13.2. The summed E-state index contributed by atoms with van der Waals surface area (Å²) in [6, 6.07) is 29.6. The van der Waals surface area contributed by atoms with Crippen LogP contribution in [0, 0.1) is 5.82 Å². The van der Waals surface area contributed by atoms with Crippen LogP contribution in [-0.4, -0.2) is 4.98 Å². The largest absolute Gasteiger partial charge is 0.256 e. The molecule has 0 saturated carbocycles. The van der Waals surface area contributed by atoms with Crippen molar-refractivity contribution in [1.82, 2.24) is 4.98 Å². The molecule has 0 N–H and O–H groups in total. The van der Waals surface area contributed by atoms with E-state index in [-0.39, 0.29) is 5.82 Å². The monoisotopic (exact) mass is 353 g/mol. The van der Waals surface area contributed by atoms with Crippen molar-refractivity contribution < 1.29 is 4.39 Å². The summed E-state index contributed by atoms with van der Waals surface area (Å²) in [6.45, 7) is 2.22. The molecule has 1 heterocycles. The van der Waals surface area contributed by atoms with Crippen LogP contribution < -0.4 is 0 Å². The summed E-state index contributed by atoms with van der Waals surface area (Å²) < 4.78 is 13.2. The van der Waals surface area contributed by atoms with Gasteiger partial charge in [-0.1, -0.05) is 67.6 Å². The third-order valence-electron chi connectivity index (χ3n) is 4.92. The van der Waals surface area contributed by atoms with Crippen molar-refractivity contribution in [2.24, 2.45) is 0 Å². The highest BCUT2D eigenvalue weighted by Gasteiger charge is 2.10. The summed E-state index contributed by atoms with van der Waals surface area (Å²) in [5, 5.41) is 0. The van der Waals surface area contributed by atoms with Gasteiger partial charge in [-0.15, -0.1) is 0 Å². The minimum absolute atomic E-state index is 0.226. The molecule has 3 aromatic carbocycles. The first-order valence-corrected chi connectivity index (χ1v) is 9.08. The highest BCUT2D eigenvalue weighted by Crippen LogP contribution is 2.29. The molecule has 0 aliphatic carbocycles. The van der Waals surface area contributed by atoms with Gasteiger partial charge in [0.1, 0.15) is 5.82 Å². The Bertz CT molecular complexity index is 1040. The Hall–Kier alpha value is -3.26.